The van der Waals surface area contributed by atoms with Crippen LogP contribution in [0.1, 0.15) is 31.4 Å². The monoisotopic (exact) mass is 450 g/mol. The van der Waals surface area contributed by atoms with Crippen LogP contribution in [0.4, 0.5) is 11.6 Å². The minimum Gasteiger partial charge on any atom is -0.488 e. The maximum Gasteiger partial charge on any atom is 0.226 e. The molecular formula is C24H30N6O3. The number of fused-ring (bicyclic) bond motifs is 1. The van der Waals surface area contributed by atoms with E-state index in [4.69, 9.17) is 14.2 Å². The molecule has 0 spiro atoms. The minimum atomic E-state index is 0.140. The van der Waals surface area contributed by atoms with Gasteiger partial charge in [0.25, 0.3) is 0 Å². The second kappa shape index (κ2) is 9.74. The normalized spacial score (nSPS) is 21.1. The molecular weight excluding hydrogens is 420 g/mol. The van der Waals surface area contributed by atoms with Crippen LogP contribution >= 0.6 is 0 Å². The van der Waals surface area contributed by atoms with Crippen molar-refractivity contribution in [2.24, 2.45) is 0 Å². The summed E-state index contributed by atoms with van der Waals surface area (Å²) in [5.74, 6) is 2.01. The molecule has 3 heterocycles. The zero-order valence-electron chi connectivity index (χ0n) is 19.2. The molecule has 9 heteroatoms. The Morgan fingerprint density at radius 3 is 2.58 bits per heavy atom. The van der Waals surface area contributed by atoms with Crippen molar-refractivity contribution >= 4 is 22.7 Å². The smallest absolute Gasteiger partial charge is 0.226 e. The first-order valence-corrected chi connectivity index (χ1v) is 11.6. The Morgan fingerprint density at radius 2 is 1.79 bits per heavy atom. The molecule has 0 amide bonds. The van der Waals surface area contributed by atoms with Crippen molar-refractivity contribution in [1.82, 2.24) is 19.9 Å². The Morgan fingerprint density at radius 1 is 1.00 bits per heavy atom. The topological polar surface area (TPSA) is 94.5 Å². The molecule has 1 aliphatic heterocycles. The third kappa shape index (κ3) is 5.08. The van der Waals surface area contributed by atoms with Crippen molar-refractivity contribution in [3.8, 4) is 11.6 Å². The number of rotatable bonds is 6. The summed E-state index contributed by atoms with van der Waals surface area (Å²) in [6.07, 6.45) is 7.46. The molecule has 1 saturated heterocycles. The van der Waals surface area contributed by atoms with E-state index in [1.54, 1.807) is 19.5 Å². The van der Waals surface area contributed by atoms with Gasteiger partial charge < -0.3 is 24.4 Å². The fraction of sp³-hybridized carbons (Fsp3) is 0.500. The highest BCUT2D eigenvalue weighted by Gasteiger charge is 2.25. The highest BCUT2D eigenvalue weighted by molar-refractivity contribution is 5.85. The summed E-state index contributed by atoms with van der Waals surface area (Å²) >= 11 is 0. The van der Waals surface area contributed by atoms with E-state index in [1.165, 1.54) is 0 Å². The Labute approximate surface area is 193 Å². The number of benzene rings is 1. The lowest BCUT2D eigenvalue weighted by atomic mass is 9.93. The minimum absolute atomic E-state index is 0.140. The predicted molar refractivity (Wildman–Crippen MR) is 126 cm³/mol. The van der Waals surface area contributed by atoms with Crippen LogP contribution in [-0.4, -0.2) is 65.5 Å². The van der Waals surface area contributed by atoms with Crippen LogP contribution < -0.4 is 19.7 Å². The number of hydrogen-bond donors (Lipinski definition) is 1. The summed E-state index contributed by atoms with van der Waals surface area (Å²) in [6.45, 7) is 5.16. The lowest BCUT2D eigenvalue weighted by Crippen LogP contribution is -2.36. The van der Waals surface area contributed by atoms with Gasteiger partial charge in [-0.25, -0.2) is 9.97 Å². The van der Waals surface area contributed by atoms with Gasteiger partial charge in [-0.2, -0.15) is 4.98 Å². The van der Waals surface area contributed by atoms with Crippen LogP contribution in [0.15, 0.2) is 30.6 Å². The number of methoxy groups -OCH3 is 1. The Kier molecular flexibility index (Phi) is 6.39. The SMILES string of the molecule is COc1cc(C)nc(NC2CCC(Oc3cc(N4CCOCC4)cc4nccnc34)CC2)n1. The third-order valence-corrected chi connectivity index (χ3v) is 6.24. The second-order valence-electron chi connectivity index (χ2n) is 8.58. The fourth-order valence-electron chi connectivity index (χ4n) is 4.52. The van der Waals surface area contributed by atoms with Gasteiger partial charge in [-0.15, -0.1) is 0 Å². The average Bonchev–Trinajstić information content (AvgIpc) is 2.85. The Hall–Kier alpha value is -3.20. The molecule has 1 N–H and O–H groups in total. The number of hydrogen-bond acceptors (Lipinski definition) is 9. The van der Waals surface area contributed by atoms with Crippen molar-refractivity contribution in [3.05, 3.63) is 36.3 Å². The van der Waals surface area contributed by atoms with Crippen LogP contribution in [0.25, 0.3) is 11.0 Å². The molecule has 33 heavy (non-hydrogen) atoms. The number of morpholine rings is 1. The molecule has 174 valence electrons. The standard InChI is InChI=1S/C24H30N6O3/c1-16-13-22(31-2)29-24(27-16)28-17-3-5-19(6-4-17)33-21-15-18(30-9-11-32-12-10-30)14-20-23(21)26-8-7-25-20/h7-8,13-15,17,19H,3-6,9-12H2,1-2H3,(H,27,28,29). The summed E-state index contributed by atoms with van der Waals surface area (Å²) in [6, 6.07) is 6.35. The molecule has 3 aromatic rings. The van der Waals surface area contributed by atoms with Crippen LogP contribution in [0.5, 0.6) is 11.6 Å². The Balaban J connectivity index is 1.26. The quantitative estimate of drug-likeness (QED) is 0.606. The van der Waals surface area contributed by atoms with E-state index >= 15 is 0 Å². The maximum absolute atomic E-state index is 6.51. The molecule has 1 aliphatic carbocycles. The van der Waals surface area contributed by atoms with E-state index in [1.807, 2.05) is 13.0 Å². The Bertz CT molecular complexity index is 1100. The van der Waals surface area contributed by atoms with Gasteiger partial charge in [0.2, 0.25) is 11.8 Å². The fourth-order valence-corrected chi connectivity index (χ4v) is 4.52. The van der Waals surface area contributed by atoms with Gasteiger partial charge >= 0.3 is 0 Å². The highest BCUT2D eigenvalue weighted by Crippen LogP contribution is 2.33. The van der Waals surface area contributed by atoms with E-state index in [0.29, 0.717) is 17.9 Å². The van der Waals surface area contributed by atoms with Gasteiger partial charge in [0.1, 0.15) is 11.3 Å². The molecule has 5 rings (SSSR count). The van der Waals surface area contributed by atoms with E-state index in [0.717, 1.165) is 80.2 Å². The van der Waals surface area contributed by atoms with Crippen LogP contribution in [0, 0.1) is 6.92 Å². The molecule has 0 bridgehead atoms. The molecule has 2 aliphatic rings. The maximum atomic E-state index is 6.51. The lowest BCUT2D eigenvalue weighted by molar-refractivity contribution is 0.122. The van der Waals surface area contributed by atoms with Gasteiger partial charge in [-0.05, 0) is 38.7 Å². The highest BCUT2D eigenvalue weighted by atomic mass is 16.5. The summed E-state index contributed by atoms with van der Waals surface area (Å²) < 4.78 is 17.3. The van der Waals surface area contributed by atoms with Gasteiger partial charge in [0.05, 0.1) is 31.9 Å². The van der Waals surface area contributed by atoms with Gasteiger partial charge in [-0.3, -0.25) is 4.98 Å². The van der Waals surface area contributed by atoms with Crippen LogP contribution in [-0.2, 0) is 4.74 Å². The van der Waals surface area contributed by atoms with Crippen molar-refractivity contribution in [2.75, 3.05) is 43.6 Å². The van der Waals surface area contributed by atoms with Crippen LogP contribution in [0.3, 0.4) is 0 Å². The molecule has 2 aromatic heterocycles. The number of nitrogens with one attached hydrogen (secondary N) is 1. The van der Waals surface area contributed by atoms with E-state index in [-0.39, 0.29) is 6.10 Å². The van der Waals surface area contributed by atoms with Crippen molar-refractivity contribution in [1.29, 1.82) is 0 Å². The summed E-state index contributed by atoms with van der Waals surface area (Å²) in [4.78, 5) is 20.3. The van der Waals surface area contributed by atoms with E-state index in [2.05, 4.69) is 42.3 Å². The number of aryl methyl sites for hydroxylation is 1. The first kappa shape index (κ1) is 21.6. The third-order valence-electron chi connectivity index (χ3n) is 6.24. The molecule has 9 nitrogen and oxygen atoms in total. The number of ether oxygens (including phenoxy) is 3. The number of aromatic nitrogens is 4. The molecule has 2 fully saturated rings. The molecule has 0 radical (unpaired) electrons. The van der Waals surface area contributed by atoms with Crippen LogP contribution in [0.2, 0.25) is 0 Å². The lowest BCUT2D eigenvalue weighted by Gasteiger charge is -2.31. The molecule has 0 unspecified atom stereocenters. The molecule has 1 aromatic carbocycles. The number of nitrogens with zero attached hydrogens (tertiary/aromatic N) is 5. The zero-order valence-corrected chi connectivity index (χ0v) is 19.2. The second-order valence-corrected chi connectivity index (χ2v) is 8.58. The molecule has 0 atom stereocenters. The van der Waals surface area contributed by atoms with Crippen molar-refractivity contribution in [2.45, 2.75) is 44.8 Å². The van der Waals surface area contributed by atoms with Crippen molar-refractivity contribution < 1.29 is 14.2 Å². The molecule has 1 saturated carbocycles. The largest absolute Gasteiger partial charge is 0.488 e. The van der Waals surface area contributed by atoms with Gasteiger partial charge in [-0.1, -0.05) is 0 Å². The first-order chi connectivity index (χ1) is 16.2. The zero-order chi connectivity index (χ0) is 22.6. The summed E-state index contributed by atoms with van der Waals surface area (Å²) in [5.41, 5.74) is 3.67. The summed E-state index contributed by atoms with van der Waals surface area (Å²) in [7, 11) is 1.62. The van der Waals surface area contributed by atoms with Gasteiger partial charge in [0, 0.05) is 55.0 Å². The summed E-state index contributed by atoms with van der Waals surface area (Å²) in [5, 5.41) is 3.46. The van der Waals surface area contributed by atoms with Gasteiger partial charge in [0.15, 0.2) is 0 Å². The number of anilines is 2. The van der Waals surface area contributed by atoms with E-state index in [9.17, 15) is 0 Å². The average molecular weight is 451 g/mol. The predicted octanol–water partition coefficient (Wildman–Crippen LogP) is 3.38. The van der Waals surface area contributed by atoms with Crippen molar-refractivity contribution in [3.63, 3.8) is 0 Å². The first-order valence-electron chi connectivity index (χ1n) is 11.6. The van der Waals surface area contributed by atoms with E-state index < -0.39 is 0 Å².